The first-order chi connectivity index (χ1) is 16.9. The first-order valence-electron chi connectivity index (χ1n) is 12.5. The summed E-state index contributed by atoms with van der Waals surface area (Å²) in [6.07, 6.45) is 13.1. The van der Waals surface area contributed by atoms with Gasteiger partial charge in [0.15, 0.2) is 0 Å². The van der Waals surface area contributed by atoms with Crippen LogP contribution in [-0.2, 0) is 11.3 Å². The number of anilines is 1. The molecule has 3 aromatic heterocycles. The van der Waals surface area contributed by atoms with Gasteiger partial charge in [-0.3, -0.25) is 14.5 Å². The van der Waals surface area contributed by atoms with Gasteiger partial charge in [-0.1, -0.05) is 12.8 Å². The Balaban J connectivity index is 1.33. The average molecular weight is 476 g/mol. The largest absolute Gasteiger partial charge is 0.337 e. The van der Waals surface area contributed by atoms with Crippen LogP contribution in [0.3, 0.4) is 0 Å². The number of hydrogen-bond acceptors (Lipinski definition) is 6. The van der Waals surface area contributed by atoms with Gasteiger partial charge in [0.25, 0.3) is 5.91 Å². The minimum Gasteiger partial charge on any atom is -0.337 e. The fraction of sp³-hybridized carbons (Fsp3) is 0.500. The smallest absolute Gasteiger partial charge is 0.258 e. The van der Waals surface area contributed by atoms with Crippen molar-refractivity contribution in [1.29, 1.82) is 0 Å². The summed E-state index contributed by atoms with van der Waals surface area (Å²) < 4.78 is 1.95. The van der Waals surface area contributed by atoms with E-state index in [0.717, 1.165) is 54.9 Å². The molecule has 2 amide bonds. The Bertz CT molecular complexity index is 1230. The van der Waals surface area contributed by atoms with Gasteiger partial charge >= 0.3 is 0 Å². The number of hydrogen-bond donors (Lipinski definition) is 1. The molecule has 9 heteroatoms. The molecule has 0 unspecified atom stereocenters. The zero-order valence-corrected chi connectivity index (χ0v) is 20.7. The van der Waals surface area contributed by atoms with E-state index in [1.165, 1.54) is 25.2 Å². The van der Waals surface area contributed by atoms with Crippen LogP contribution in [-0.4, -0.2) is 66.6 Å². The van der Waals surface area contributed by atoms with Gasteiger partial charge in [-0.25, -0.2) is 15.0 Å². The quantitative estimate of drug-likeness (QED) is 0.609. The van der Waals surface area contributed by atoms with Crippen molar-refractivity contribution in [2.45, 2.75) is 59.0 Å². The Kier molecular flexibility index (Phi) is 6.51. The Morgan fingerprint density at radius 3 is 2.54 bits per heavy atom. The van der Waals surface area contributed by atoms with Crippen LogP contribution in [0, 0.1) is 19.8 Å². The van der Waals surface area contributed by atoms with Crippen molar-refractivity contribution in [2.24, 2.45) is 5.92 Å². The Morgan fingerprint density at radius 1 is 1.09 bits per heavy atom. The molecule has 1 atom stereocenters. The number of imidazole rings is 1. The first kappa shape index (κ1) is 23.4. The highest BCUT2D eigenvalue weighted by molar-refractivity contribution is 6.04. The molecule has 1 saturated carbocycles. The average Bonchev–Trinajstić information content (AvgIpc) is 3.54. The number of aryl methyl sites for hydroxylation is 1. The molecule has 9 nitrogen and oxygen atoms in total. The molecule has 0 spiro atoms. The molecule has 184 valence electrons. The van der Waals surface area contributed by atoms with Crippen LogP contribution in [0.4, 0.5) is 5.69 Å². The van der Waals surface area contributed by atoms with E-state index in [4.69, 9.17) is 0 Å². The number of fused-ring (bicyclic) bond motifs is 1. The van der Waals surface area contributed by atoms with Crippen molar-refractivity contribution in [3.8, 4) is 0 Å². The molecule has 0 aromatic carbocycles. The topological polar surface area (TPSA) is 95.7 Å². The molecule has 1 N–H and O–H groups in total. The zero-order chi connectivity index (χ0) is 24.5. The standard InChI is InChI=1S/C26H33N7O2/c1-17-14-31(10-11-33(17)26(35)20-6-4-5-7-20)15-22-18(2)23(16-32-9-8-27-24(22)32)30-25(34)21-12-28-19(3)29-13-21/h8-9,12-13,16-17,20H,4-7,10-11,14-15H2,1-3H3,(H,30,34)/t17-/m0/s1. The Hall–Kier alpha value is -3.33. The van der Waals surface area contributed by atoms with E-state index in [-0.39, 0.29) is 17.9 Å². The summed E-state index contributed by atoms with van der Waals surface area (Å²) in [7, 11) is 0. The van der Waals surface area contributed by atoms with Crippen molar-refractivity contribution >= 4 is 23.1 Å². The zero-order valence-electron chi connectivity index (χ0n) is 20.7. The van der Waals surface area contributed by atoms with Gasteiger partial charge in [0.1, 0.15) is 11.5 Å². The summed E-state index contributed by atoms with van der Waals surface area (Å²) in [4.78, 5) is 43.2. The number of nitrogens with zero attached hydrogens (tertiary/aromatic N) is 6. The Morgan fingerprint density at radius 2 is 1.83 bits per heavy atom. The molecule has 0 radical (unpaired) electrons. The maximum Gasteiger partial charge on any atom is 0.258 e. The summed E-state index contributed by atoms with van der Waals surface area (Å²) >= 11 is 0. The molecule has 1 saturated heterocycles. The van der Waals surface area contributed by atoms with Gasteiger partial charge in [-0.2, -0.15) is 0 Å². The summed E-state index contributed by atoms with van der Waals surface area (Å²) in [5.41, 5.74) is 4.10. The fourth-order valence-electron chi connectivity index (χ4n) is 5.37. The molecule has 1 aliphatic carbocycles. The summed E-state index contributed by atoms with van der Waals surface area (Å²) in [5, 5.41) is 3.03. The summed E-state index contributed by atoms with van der Waals surface area (Å²) in [5.74, 6) is 0.937. The van der Waals surface area contributed by atoms with Crippen LogP contribution in [0.1, 0.15) is 59.9 Å². The van der Waals surface area contributed by atoms with Crippen LogP contribution in [0.5, 0.6) is 0 Å². The highest BCUT2D eigenvalue weighted by atomic mass is 16.2. The van der Waals surface area contributed by atoms with Gasteiger partial charge in [0.2, 0.25) is 5.91 Å². The van der Waals surface area contributed by atoms with E-state index >= 15 is 0 Å². The number of pyridine rings is 1. The monoisotopic (exact) mass is 475 g/mol. The van der Waals surface area contributed by atoms with Crippen molar-refractivity contribution in [1.82, 2.24) is 29.2 Å². The van der Waals surface area contributed by atoms with Crippen LogP contribution in [0.25, 0.3) is 5.65 Å². The summed E-state index contributed by atoms with van der Waals surface area (Å²) in [6, 6.07) is 0.178. The molecule has 2 aliphatic rings. The van der Waals surface area contributed by atoms with E-state index in [9.17, 15) is 9.59 Å². The van der Waals surface area contributed by atoms with Crippen LogP contribution in [0.15, 0.2) is 31.0 Å². The third-order valence-corrected chi connectivity index (χ3v) is 7.44. The second kappa shape index (κ2) is 9.73. The molecule has 5 rings (SSSR count). The maximum atomic E-state index is 13.0. The van der Waals surface area contributed by atoms with E-state index < -0.39 is 0 Å². The molecular formula is C26H33N7O2. The number of carbonyl (C=O) groups excluding carboxylic acids is 2. The van der Waals surface area contributed by atoms with Gasteiger partial charge in [-0.15, -0.1) is 0 Å². The van der Waals surface area contributed by atoms with Crippen molar-refractivity contribution < 1.29 is 9.59 Å². The van der Waals surface area contributed by atoms with E-state index in [1.54, 1.807) is 13.1 Å². The normalized spacial score (nSPS) is 19.4. The van der Waals surface area contributed by atoms with E-state index in [2.05, 4.69) is 37.0 Å². The second-order valence-electron chi connectivity index (χ2n) is 9.87. The lowest BCUT2D eigenvalue weighted by molar-refractivity contribution is -0.140. The van der Waals surface area contributed by atoms with Gasteiger partial charge in [0.05, 0.1) is 11.3 Å². The van der Waals surface area contributed by atoms with Crippen LogP contribution in [0.2, 0.25) is 0 Å². The number of nitrogens with one attached hydrogen (secondary N) is 1. The van der Waals surface area contributed by atoms with Crippen molar-refractivity contribution in [3.05, 3.63) is 53.5 Å². The molecule has 4 heterocycles. The van der Waals surface area contributed by atoms with Crippen molar-refractivity contribution in [2.75, 3.05) is 25.0 Å². The minimum atomic E-state index is -0.244. The number of rotatable bonds is 5. The predicted molar refractivity (Wildman–Crippen MR) is 133 cm³/mol. The Labute approximate surface area is 205 Å². The van der Waals surface area contributed by atoms with Gasteiger partial charge < -0.3 is 14.6 Å². The SMILES string of the molecule is Cc1ncc(C(=O)Nc2cn3ccnc3c(CN3CCN(C(=O)C4CCCC4)[C@@H](C)C3)c2C)cn1. The third-order valence-electron chi connectivity index (χ3n) is 7.44. The molecule has 2 fully saturated rings. The lowest BCUT2D eigenvalue weighted by atomic mass is 10.0. The lowest BCUT2D eigenvalue weighted by Gasteiger charge is -2.41. The predicted octanol–water partition coefficient (Wildman–Crippen LogP) is 3.22. The molecule has 0 bridgehead atoms. The fourth-order valence-corrected chi connectivity index (χ4v) is 5.37. The number of carbonyl (C=O) groups is 2. The van der Waals surface area contributed by atoms with E-state index in [0.29, 0.717) is 23.8 Å². The maximum absolute atomic E-state index is 13.0. The lowest BCUT2D eigenvalue weighted by Crippen LogP contribution is -2.54. The van der Waals surface area contributed by atoms with Crippen LogP contribution >= 0.6 is 0 Å². The molecule has 1 aliphatic heterocycles. The number of amides is 2. The van der Waals surface area contributed by atoms with Crippen molar-refractivity contribution in [3.63, 3.8) is 0 Å². The third kappa shape index (κ3) is 4.77. The highest BCUT2D eigenvalue weighted by Gasteiger charge is 2.33. The second-order valence-corrected chi connectivity index (χ2v) is 9.87. The number of aromatic nitrogens is 4. The van der Waals surface area contributed by atoms with Gasteiger partial charge in [-0.05, 0) is 39.2 Å². The summed E-state index contributed by atoms with van der Waals surface area (Å²) in [6.45, 7) is 9.07. The van der Waals surface area contributed by atoms with Crippen LogP contribution < -0.4 is 5.32 Å². The van der Waals surface area contributed by atoms with E-state index in [1.807, 2.05) is 23.7 Å². The van der Waals surface area contributed by atoms with Gasteiger partial charge in [0, 0.05) is 74.7 Å². The highest BCUT2D eigenvalue weighted by Crippen LogP contribution is 2.29. The number of piperazine rings is 1. The first-order valence-corrected chi connectivity index (χ1v) is 12.5. The molecule has 3 aromatic rings. The molecular weight excluding hydrogens is 442 g/mol. The minimum absolute atomic E-state index is 0.178. The molecule has 35 heavy (non-hydrogen) atoms.